The summed E-state index contributed by atoms with van der Waals surface area (Å²) in [7, 11) is -4.59. The molecule has 2 aromatic rings. The molecule has 0 fully saturated rings. The minimum atomic E-state index is -4.59. The van der Waals surface area contributed by atoms with Crippen LogP contribution in [-0.4, -0.2) is 13.0 Å². The topological polar surface area (TPSA) is 86.7 Å². The summed E-state index contributed by atoms with van der Waals surface area (Å²) in [5.41, 5.74) is 0.654. The molecule has 142 valence electrons. The van der Waals surface area contributed by atoms with Gasteiger partial charge in [-0.3, -0.25) is 4.55 Å². The van der Waals surface area contributed by atoms with Crippen LogP contribution < -0.4 is 39.4 Å². The van der Waals surface area contributed by atoms with Crippen molar-refractivity contribution in [2.75, 3.05) is 0 Å². The van der Waals surface area contributed by atoms with E-state index < -0.39 is 20.8 Å². The molecule has 0 saturated carbocycles. The fourth-order valence-electron chi connectivity index (χ4n) is 2.80. The molecule has 0 unspecified atom stereocenters. The minimum absolute atomic E-state index is 0. The van der Waals surface area contributed by atoms with Crippen LogP contribution in [0.25, 0.3) is 0 Å². The van der Waals surface area contributed by atoms with Crippen LogP contribution in [0.5, 0.6) is 17.2 Å². The zero-order valence-electron chi connectivity index (χ0n) is 16.0. The Balaban J connectivity index is 0.00000364. The number of rotatable bonds is 10. The van der Waals surface area contributed by atoms with Crippen LogP contribution in [0.4, 0.5) is 0 Å². The zero-order valence-corrected chi connectivity index (χ0v) is 18.8. The first-order chi connectivity index (χ1) is 12.4. The normalized spacial score (nSPS) is 11.0. The maximum Gasteiger partial charge on any atom is 1.00 e. The van der Waals surface area contributed by atoms with Crippen molar-refractivity contribution in [3.05, 3.63) is 48.0 Å². The standard InChI is InChI=1S/C20H26O5S.Na/c1-2-3-4-5-6-8-11-16-14-15-18(26(22,23)24)19(21)20(16)25-17-12-9-7-10-13-17;/h7,9-10,12-15,21H,2-6,8,11H2,1H3,(H,22,23,24);/q;+1/p-1. The van der Waals surface area contributed by atoms with E-state index in [1.807, 2.05) is 6.07 Å². The van der Waals surface area contributed by atoms with Crippen molar-refractivity contribution >= 4 is 10.1 Å². The molecule has 0 aliphatic heterocycles. The molecule has 7 heteroatoms. The van der Waals surface area contributed by atoms with E-state index in [1.165, 1.54) is 19.3 Å². The van der Waals surface area contributed by atoms with E-state index in [2.05, 4.69) is 6.92 Å². The van der Waals surface area contributed by atoms with Crippen LogP contribution in [0.2, 0.25) is 0 Å². The largest absolute Gasteiger partial charge is 1.00 e. The number of ether oxygens (including phenoxy) is 1. The van der Waals surface area contributed by atoms with Crippen LogP contribution in [-0.2, 0) is 16.5 Å². The van der Waals surface area contributed by atoms with Gasteiger partial charge in [0.05, 0.1) is 4.90 Å². The number of unbranched alkanes of at least 4 members (excludes halogenated alkanes) is 5. The van der Waals surface area contributed by atoms with Crippen molar-refractivity contribution in [2.45, 2.75) is 56.8 Å². The van der Waals surface area contributed by atoms with E-state index in [0.29, 0.717) is 17.7 Å². The van der Waals surface area contributed by atoms with Crippen LogP contribution in [0.3, 0.4) is 0 Å². The van der Waals surface area contributed by atoms with Gasteiger partial charge in [0.25, 0.3) is 10.1 Å². The second-order valence-corrected chi connectivity index (χ2v) is 7.68. The van der Waals surface area contributed by atoms with Crippen LogP contribution in [0.1, 0.15) is 51.0 Å². The summed E-state index contributed by atoms with van der Waals surface area (Å²) in [6.07, 6.45) is 7.28. The summed E-state index contributed by atoms with van der Waals surface area (Å²) in [6, 6.07) is 11.4. The molecule has 0 saturated heterocycles. The molecule has 0 amide bonds. The van der Waals surface area contributed by atoms with Gasteiger partial charge < -0.3 is 9.84 Å². The van der Waals surface area contributed by atoms with Crippen LogP contribution in [0.15, 0.2) is 47.4 Å². The summed E-state index contributed by atoms with van der Waals surface area (Å²) in [6.45, 7) is 2.17. The Labute approximate surface area is 183 Å². The molecule has 0 bridgehead atoms. The molecule has 27 heavy (non-hydrogen) atoms. The van der Waals surface area contributed by atoms with Gasteiger partial charge in [0.1, 0.15) is 11.5 Å². The van der Waals surface area contributed by atoms with Crippen molar-refractivity contribution in [1.29, 1.82) is 0 Å². The van der Waals surface area contributed by atoms with Crippen molar-refractivity contribution in [3.63, 3.8) is 0 Å². The molecule has 5 nitrogen and oxygen atoms in total. The predicted molar refractivity (Wildman–Crippen MR) is 99.3 cm³/mol. The molecular weight excluding hydrogens is 375 g/mol. The van der Waals surface area contributed by atoms with E-state index in [0.717, 1.165) is 25.3 Å². The number of hydrogen-bond donors (Lipinski definition) is 1. The SMILES string of the molecule is CCCCCCCCc1ccc(S(=O)(=O)O)c([O-])c1Oc1ccccc1.[Na+]. The summed E-state index contributed by atoms with van der Waals surface area (Å²) in [5.74, 6) is -0.388. The fourth-order valence-corrected chi connectivity index (χ4v) is 3.37. The monoisotopic (exact) mass is 400 g/mol. The molecule has 1 N–H and O–H groups in total. The molecule has 0 atom stereocenters. The average Bonchev–Trinajstić information content (AvgIpc) is 2.60. The maximum atomic E-state index is 12.6. The Morgan fingerprint density at radius 3 is 2.22 bits per heavy atom. The molecule has 0 aromatic heterocycles. The van der Waals surface area contributed by atoms with Crippen molar-refractivity contribution in [1.82, 2.24) is 0 Å². The Morgan fingerprint density at radius 2 is 1.59 bits per heavy atom. The minimum Gasteiger partial charge on any atom is -0.869 e. The third-order valence-corrected chi connectivity index (χ3v) is 5.08. The van der Waals surface area contributed by atoms with E-state index >= 15 is 0 Å². The Bertz CT molecular complexity index is 807. The van der Waals surface area contributed by atoms with Gasteiger partial charge in [0.2, 0.25) is 0 Å². The van der Waals surface area contributed by atoms with Gasteiger partial charge in [-0.1, -0.05) is 63.3 Å². The quantitative estimate of drug-likeness (QED) is 0.373. The summed E-state index contributed by atoms with van der Waals surface area (Å²) in [5, 5.41) is 12.6. The van der Waals surface area contributed by atoms with Gasteiger partial charge >= 0.3 is 29.6 Å². The Kier molecular flexibility index (Phi) is 10.4. The third-order valence-electron chi connectivity index (χ3n) is 4.20. The third kappa shape index (κ3) is 7.47. The summed E-state index contributed by atoms with van der Waals surface area (Å²) in [4.78, 5) is -0.657. The number of hydrogen-bond acceptors (Lipinski definition) is 4. The van der Waals surface area contributed by atoms with Gasteiger partial charge in [-0.05, 0) is 42.4 Å². The first kappa shape index (κ1) is 24.0. The van der Waals surface area contributed by atoms with Crippen LogP contribution in [0, 0.1) is 0 Å². The Morgan fingerprint density at radius 1 is 0.963 bits per heavy atom. The molecule has 2 aromatic carbocycles. The molecule has 0 spiro atoms. The van der Waals surface area contributed by atoms with Crippen LogP contribution >= 0.6 is 0 Å². The first-order valence-electron chi connectivity index (χ1n) is 8.96. The van der Waals surface area contributed by atoms with Crippen molar-refractivity contribution < 1.29 is 52.4 Å². The smallest absolute Gasteiger partial charge is 0.869 e. The number of benzene rings is 2. The van der Waals surface area contributed by atoms with Crippen molar-refractivity contribution in [2.24, 2.45) is 0 Å². The second-order valence-electron chi connectivity index (χ2n) is 6.29. The summed E-state index contributed by atoms with van der Waals surface area (Å²) >= 11 is 0. The molecule has 0 aliphatic carbocycles. The molecule has 0 radical (unpaired) electrons. The van der Waals surface area contributed by atoms with E-state index in [9.17, 15) is 18.1 Å². The fraction of sp³-hybridized carbons (Fsp3) is 0.400. The van der Waals surface area contributed by atoms with E-state index in [4.69, 9.17) is 4.74 Å². The van der Waals surface area contributed by atoms with Crippen molar-refractivity contribution in [3.8, 4) is 17.2 Å². The molecule has 0 aliphatic rings. The van der Waals surface area contributed by atoms with Gasteiger partial charge in [-0.25, -0.2) is 0 Å². The summed E-state index contributed by atoms with van der Waals surface area (Å²) < 4.78 is 37.8. The van der Waals surface area contributed by atoms with E-state index in [1.54, 1.807) is 30.3 Å². The van der Waals surface area contributed by atoms with Gasteiger partial charge in [-0.15, -0.1) is 0 Å². The Hall–Kier alpha value is -1.05. The van der Waals surface area contributed by atoms with E-state index in [-0.39, 0.29) is 35.3 Å². The van der Waals surface area contributed by atoms with Gasteiger partial charge in [0, 0.05) is 0 Å². The average molecular weight is 400 g/mol. The second kappa shape index (κ2) is 11.7. The molecular formula is C20H25NaO5S. The molecule has 0 heterocycles. The molecule has 2 rings (SSSR count). The maximum absolute atomic E-state index is 12.6. The first-order valence-corrected chi connectivity index (χ1v) is 10.4. The zero-order chi connectivity index (χ0) is 19.0. The number of aryl methyl sites for hydroxylation is 1. The van der Waals surface area contributed by atoms with Gasteiger partial charge in [-0.2, -0.15) is 8.42 Å². The number of para-hydroxylation sites is 1. The van der Waals surface area contributed by atoms with Gasteiger partial charge in [0.15, 0.2) is 0 Å². The predicted octanol–water partition coefficient (Wildman–Crippen LogP) is 1.71.